The van der Waals surface area contributed by atoms with E-state index in [-0.39, 0.29) is 11.8 Å². The minimum Gasteiger partial charge on any atom is -0.377 e. The molecule has 26 heavy (non-hydrogen) atoms. The third kappa shape index (κ3) is 2.92. The normalized spacial score (nSPS) is 25.8. The minimum atomic E-state index is -0.0776. The van der Waals surface area contributed by atoms with Crippen LogP contribution in [0.3, 0.4) is 0 Å². The molecule has 2 aromatic rings. The van der Waals surface area contributed by atoms with Crippen molar-refractivity contribution >= 4 is 5.91 Å². The van der Waals surface area contributed by atoms with Crippen molar-refractivity contribution in [3.63, 3.8) is 0 Å². The Hall–Kier alpha value is -2.22. The maximum Gasteiger partial charge on any atom is 0.276 e. The standard InChI is InChI=1S/C18H23N5O3/c1-25-9-12-6-15(22-26-12)18(24)23-7-13(10-2-3-10)14(8-23)17-19-16(20-21-17)11-4-5-11/h6,10-11,13-14H,2-5,7-9H2,1H3,(H,19,20,21)/t13-,14+/m1/s1. The first-order valence-corrected chi connectivity index (χ1v) is 9.39. The molecule has 8 heteroatoms. The summed E-state index contributed by atoms with van der Waals surface area (Å²) in [7, 11) is 1.59. The molecule has 0 radical (unpaired) electrons. The number of carbonyl (C=O) groups excluding carboxylic acids is 1. The third-order valence-electron chi connectivity index (χ3n) is 5.76. The molecule has 0 bridgehead atoms. The quantitative estimate of drug-likeness (QED) is 0.850. The topological polar surface area (TPSA) is 97.1 Å². The summed E-state index contributed by atoms with van der Waals surface area (Å²) in [5.74, 6) is 4.28. The SMILES string of the molecule is COCc1cc(C(=O)N2C[C@H](c3nc(C4CC4)n[nH]3)[C@@H](C3CC3)C2)no1. The van der Waals surface area contributed by atoms with Crippen LogP contribution in [-0.4, -0.2) is 51.3 Å². The smallest absolute Gasteiger partial charge is 0.276 e. The molecule has 0 unspecified atom stereocenters. The van der Waals surface area contributed by atoms with Gasteiger partial charge in [-0.1, -0.05) is 5.16 Å². The zero-order chi connectivity index (χ0) is 17.7. The van der Waals surface area contributed by atoms with Gasteiger partial charge in [-0.3, -0.25) is 9.89 Å². The highest BCUT2D eigenvalue weighted by atomic mass is 16.5. The fourth-order valence-electron chi connectivity index (χ4n) is 4.05. The van der Waals surface area contributed by atoms with Gasteiger partial charge >= 0.3 is 0 Å². The number of nitrogens with one attached hydrogen (secondary N) is 1. The van der Waals surface area contributed by atoms with E-state index in [1.807, 2.05) is 4.90 Å². The van der Waals surface area contributed by atoms with E-state index >= 15 is 0 Å². The van der Waals surface area contributed by atoms with Crippen molar-refractivity contribution in [1.29, 1.82) is 0 Å². The molecular weight excluding hydrogens is 334 g/mol. The van der Waals surface area contributed by atoms with Gasteiger partial charge in [-0.15, -0.1) is 0 Å². The largest absolute Gasteiger partial charge is 0.377 e. The number of aromatic nitrogens is 4. The number of nitrogens with zero attached hydrogens (tertiary/aromatic N) is 4. The number of likely N-dealkylation sites (tertiary alicyclic amines) is 1. The molecule has 1 N–H and O–H groups in total. The zero-order valence-electron chi connectivity index (χ0n) is 14.9. The van der Waals surface area contributed by atoms with Crippen LogP contribution in [0, 0.1) is 11.8 Å². The molecule has 138 valence electrons. The second kappa shape index (κ2) is 6.19. The summed E-state index contributed by atoms with van der Waals surface area (Å²) in [4.78, 5) is 19.5. The molecule has 8 nitrogen and oxygen atoms in total. The van der Waals surface area contributed by atoms with Gasteiger partial charge in [0.1, 0.15) is 12.4 Å². The molecule has 0 spiro atoms. The summed E-state index contributed by atoms with van der Waals surface area (Å²) < 4.78 is 10.2. The van der Waals surface area contributed by atoms with Crippen LogP contribution in [-0.2, 0) is 11.3 Å². The number of methoxy groups -OCH3 is 1. The van der Waals surface area contributed by atoms with Gasteiger partial charge in [0.05, 0.1) is 0 Å². The van der Waals surface area contributed by atoms with Crippen molar-refractivity contribution in [2.45, 2.75) is 44.1 Å². The van der Waals surface area contributed by atoms with Crippen LogP contribution in [0.2, 0.25) is 0 Å². The Bertz CT molecular complexity index is 807. The van der Waals surface area contributed by atoms with Gasteiger partial charge < -0.3 is 14.2 Å². The van der Waals surface area contributed by atoms with E-state index in [0.717, 1.165) is 18.2 Å². The van der Waals surface area contributed by atoms with E-state index in [1.165, 1.54) is 25.7 Å². The van der Waals surface area contributed by atoms with Crippen molar-refractivity contribution in [1.82, 2.24) is 25.2 Å². The molecule has 3 heterocycles. The van der Waals surface area contributed by atoms with Crippen LogP contribution >= 0.6 is 0 Å². The van der Waals surface area contributed by atoms with E-state index in [2.05, 4.69) is 15.4 Å². The van der Waals surface area contributed by atoms with Crippen molar-refractivity contribution < 1.29 is 14.1 Å². The Morgan fingerprint density at radius 2 is 2.19 bits per heavy atom. The molecule has 2 atom stereocenters. The number of rotatable bonds is 6. The molecule has 1 aliphatic heterocycles. The zero-order valence-corrected chi connectivity index (χ0v) is 14.9. The highest BCUT2D eigenvalue weighted by Gasteiger charge is 2.46. The van der Waals surface area contributed by atoms with Crippen molar-refractivity contribution in [2.24, 2.45) is 11.8 Å². The van der Waals surface area contributed by atoms with Crippen molar-refractivity contribution in [2.75, 3.05) is 20.2 Å². The van der Waals surface area contributed by atoms with Gasteiger partial charge in [0.15, 0.2) is 17.3 Å². The summed E-state index contributed by atoms with van der Waals surface area (Å²) >= 11 is 0. The van der Waals surface area contributed by atoms with Crippen LogP contribution in [0.5, 0.6) is 0 Å². The fraction of sp³-hybridized carbons (Fsp3) is 0.667. The highest BCUT2D eigenvalue weighted by molar-refractivity contribution is 5.92. The Kier molecular flexibility index (Phi) is 3.81. The molecule has 1 amide bonds. The number of hydrogen-bond acceptors (Lipinski definition) is 6. The molecule has 2 aromatic heterocycles. The fourth-order valence-corrected chi connectivity index (χ4v) is 4.05. The van der Waals surface area contributed by atoms with Gasteiger partial charge in [0.2, 0.25) is 0 Å². The molecule has 3 aliphatic rings. The Labute approximate surface area is 151 Å². The van der Waals surface area contributed by atoms with E-state index in [4.69, 9.17) is 14.2 Å². The lowest BCUT2D eigenvalue weighted by molar-refractivity contribution is 0.0773. The number of ether oxygens (including phenoxy) is 1. The highest BCUT2D eigenvalue weighted by Crippen LogP contribution is 2.47. The molecule has 3 fully saturated rings. The Balaban J connectivity index is 1.34. The second-order valence-corrected chi connectivity index (χ2v) is 7.78. The summed E-state index contributed by atoms with van der Waals surface area (Å²) in [6, 6.07) is 1.67. The van der Waals surface area contributed by atoms with Gasteiger partial charge in [0, 0.05) is 38.1 Å². The van der Waals surface area contributed by atoms with Gasteiger partial charge in [-0.05, 0) is 37.5 Å². The summed E-state index contributed by atoms with van der Waals surface area (Å²) in [6.07, 6.45) is 4.87. The first kappa shape index (κ1) is 16.0. The number of aromatic amines is 1. The summed E-state index contributed by atoms with van der Waals surface area (Å²) in [5.41, 5.74) is 0.350. The van der Waals surface area contributed by atoms with E-state index < -0.39 is 0 Å². The molecule has 5 rings (SSSR count). The Morgan fingerprint density at radius 3 is 2.92 bits per heavy atom. The number of hydrogen-bond donors (Lipinski definition) is 1. The van der Waals surface area contributed by atoms with Gasteiger partial charge in [0.25, 0.3) is 5.91 Å². The average Bonchev–Trinajstić information content (AvgIpc) is 3.53. The number of H-pyrrole nitrogens is 1. The first-order chi connectivity index (χ1) is 12.7. The second-order valence-electron chi connectivity index (χ2n) is 7.78. The van der Waals surface area contributed by atoms with Crippen LogP contribution in [0.4, 0.5) is 0 Å². The molecule has 2 aliphatic carbocycles. The predicted molar refractivity (Wildman–Crippen MR) is 90.4 cm³/mol. The average molecular weight is 357 g/mol. The molecule has 2 saturated carbocycles. The van der Waals surface area contributed by atoms with Crippen LogP contribution in [0.15, 0.2) is 10.6 Å². The number of amides is 1. The maximum atomic E-state index is 12.9. The third-order valence-corrected chi connectivity index (χ3v) is 5.76. The maximum absolute atomic E-state index is 12.9. The lowest BCUT2D eigenvalue weighted by atomic mass is 9.91. The van der Waals surface area contributed by atoms with Gasteiger partial charge in [-0.2, -0.15) is 5.10 Å². The molecular formula is C18H23N5O3. The monoisotopic (exact) mass is 357 g/mol. The van der Waals surface area contributed by atoms with Crippen molar-refractivity contribution in [3.05, 3.63) is 29.2 Å². The molecule has 1 saturated heterocycles. The summed E-state index contributed by atoms with van der Waals surface area (Å²) in [6.45, 7) is 1.72. The minimum absolute atomic E-state index is 0.0776. The lowest BCUT2D eigenvalue weighted by Crippen LogP contribution is -2.29. The van der Waals surface area contributed by atoms with Gasteiger partial charge in [-0.25, -0.2) is 4.98 Å². The number of carbonyl (C=O) groups is 1. The van der Waals surface area contributed by atoms with Crippen molar-refractivity contribution in [3.8, 4) is 0 Å². The predicted octanol–water partition coefficient (Wildman–Crippen LogP) is 2.08. The van der Waals surface area contributed by atoms with E-state index in [1.54, 1.807) is 13.2 Å². The van der Waals surface area contributed by atoms with E-state index in [0.29, 0.717) is 42.4 Å². The molecule has 0 aromatic carbocycles. The van der Waals surface area contributed by atoms with Crippen LogP contribution in [0.25, 0.3) is 0 Å². The Morgan fingerprint density at radius 1 is 1.35 bits per heavy atom. The summed E-state index contributed by atoms with van der Waals surface area (Å²) in [5, 5.41) is 11.5. The first-order valence-electron chi connectivity index (χ1n) is 9.39. The van der Waals surface area contributed by atoms with E-state index in [9.17, 15) is 4.79 Å². The lowest BCUT2D eigenvalue weighted by Gasteiger charge is -2.14. The van der Waals surface area contributed by atoms with Crippen LogP contribution < -0.4 is 0 Å². The van der Waals surface area contributed by atoms with Crippen LogP contribution in [0.1, 0.15) is 65.4 Å².